The van der Waals surface area contributed by atoms with E-state index in [2.05, 4.69) is 0 Å². The molecule has 0 spiro atoms. The van der Waals surface area contributed by atoms with Gasteiger partial charge in [-0.2, -0.15) is 0 Å². The van der Waals surface area contributed by atoms with E-state index in [1.807, 2.05) is 12.1 Å². The first-order valence-corrected chi connectivity index (χ1v) is 11.7. The average Bonchev–Trinajstić information content (AvgIpc) is 3.71. The molecule has 3 aromatic rings. The van der Waals surface area contributed by atoms with Crippen LogP contribution in [0, 0.1) is 17.5 Å². The smallest absolute Gasteiger partial charge is 0.167 e. The molecule has 1 aliphatic carbocycles. The molecule has 0 amide bonds. The number of methoxy groups -OCH3 is 1. The molecule has 1 unspecified atom stereocenters. The number of rotatable bonds is 7. The van der Waals surface area contributed by atoms with Crippen molar-refractivity contribution in [3.63, 3.8) is 0 Å². The zero-order valence-corrected chi connectivity index (χ0v) is 19.0. The standard InChI is InChI=1S/C28H27F3O3/c1-32-21-8-2-18(3-9-21)24-13-7-20(27(30)28(24)31)15-33-22-10-4-17(5-11-22)23-12-6-19(14-25(23)29)26-16-34-26/h2-3,6-9,12-14,17,22,26H,4-5,10-11,15-16H2,1H3. The monoisotopic (exact) mass is 468 g/mol. The van der Waals surface area contributed by atoms with Gasteiger partial charge in [0.05, 0.1) is 26.4 Å². The van der Waals surface area contributed by atoms with Gasteiger partial charge in [-0.15, -0.1) is 0 Å². The molecule has 6 heteroatoms. The lowest BCUT2D eigenvalue weighted by atomic mass is 9.82. The molecule has 5 rings (SSSR count). The Bertz CT molecular complexity index is 1150. The minimum absolute atomic E-state index is 0.00538. The third-order valence-corrected chi connectivity index (χ3v) is 6.88. The molecular weight excluding hydrogens is 441 g/mol. The molecule has 3 aromatic carbocycles. The topological polar surface area (TPSA) is 31.0 Å². The number of benzene rings is 3. The van der Waals surface area contributed by atoms with E-state index in [1.54, 1.807) is 49.6 Å². The molecule has 34 heavy (non-hydrogen) atoms. The van der Waals surface area contributed by atoms with Crippen molar-refractivity contribution >= 4 is 0 Å². The summed E-state index contributed by atoms with van der Waals surface area (Å²) in [6.45, 7) is 0.668. The Morgan fingerprint density at radius 3 is 2.26 bits per heavy atom. The maximum atomic E-state index is 14.7. The Morgan fingerprint density at radius 1 is 0.882 bits per heavy atom. The van der Waals surface area contributed by atoms with Gasteiger partial charge >= 0.3 is 0 Å². The number of halogens is 3. The van der Waals surface area contributed by atoms with E-state index in [-0.39, 0.29) is 41.7 Å². The maximum absolute atomic E-state index is 14.7. The molecule has 178 valence electrons. The van der Waals surface area contributed by atoms with Crippen LogP contribution in [0.2, 0.25) is 0 Å². The summed E-state index contributed by atoms with van der Waals surface area (Å²) in [7, 11) is 1.55. The summed E-state index contributed by atoms with van der Waals surface area (Å²) >= 11 is 0. The summed E-state index contributed by atoms with van der Waals surface area (Å²) in [5.74, 6) is -1.15. The number of hydrogen-bond acceptors (Lipinski definition) is 3. The van der Waals surface area contributed by atoms with Gasteiger partial charge < -0.3 is 14.2 Å². The fourth-order valence-electron chi connectivity index (χ4n) is 4.76. The predicted molar refractivity (Wildman–Crippen MR) is 123 cm³/mol. The molecule has 1 saturated carbocycles. The molecule has 0 N–H and O–H groups in total. The Kier molecular flexibility index (Phi) is 6.61. The van der Waals surface area contributed by atoms with Crippen LogP contribution < -0.4 is 4.74 Å². The van der Waals surface area contributed by atoms with Crippen molar-refractivity contribution in [1.82, 2.24) is 0 Å². The van der Waals surface area contributed by atoms with Gasteiger partial charge in [0.15, 0.2) is 11.6 Å². The molecule has 1 heterocycles. The van der Waals surface area contributed by atoms with Gasteiger partial charge in [0, 0.05) is 11.1 Å². The van der Waals surface area contributed by atoms with Crippen molar-refractivity contribution < 1.29 is 27.4 Å². The van der Waals surface area contributed by atoms with Gasteiger partial charge in [0.2, 0.25) is 0 Å². The first-order chi connectivity index (χ1) is 16.5. The lowest BCUT2D eigenvalue weighted by Gasteiger charge is -2.29. The predicted octanol–water partition coefficient (Wildman–Crippen LogP) is 7.09. The fourth-order valence-corrected chi connectivity index (χ4v) is 4.76. The van der Waals surface area contributed by atoms with Crippen LogP contribution in [0.5, 0.6) is 5.75 Å². The van der Waals surface area contributed by atoms with E-state index < -0.39 is 11.6 Å². The highest BCUT2D eigenvalue weighted by atomic mass is 19.2. The summed E-state index contributed by atoms with van der Waals surface area (Å²) in [5.41, 5.74) is 2.61. The Hall–Kier alpha value is -2.83. The lowest BCUT2D eigenvalue weighted by Crippen LogP contribution is -2.21. The highest BCUT2D eigenvalue weighted by Crippen LogP contribution is 2.38. The van der Waals surface area contributed by atoms with E-state index in [0.29, 0.717) is 17.9 Å². The minimum Gasteiger partial charge on any atom is -0.497 e. The van der Waals surface area contributed by atoms with E-state index in [0.717, 1.165) is 36.8 Å². The second-order valence-corrected chi connectivity index (χ2v) is 9.02. The van der Waals surface area contributed by atoms with Gasteiger partial charge in [-0.1, -0.05) is 36.4 Å². The van der Waals surface area contributed by atoms with Gasteiger partial charge in [0.25, 0.3) is 0 Å². The summed E-state index contributed by atoms with van der Waals surface area (Å²) in [4.78, 5) is 0. The summed E-state index contributed by atoms with van der Waals surface area (Å²) in [6.07, 6.45) is 3.10. The SMILES string of the molecule is COc1ccc(-c2ccc(COC3CCC(c4ccc(C5CO5)cc4F)CC3)c(F)c2F)cc1. The van der Waals surface area contributed by atoms with Crippen molar-refractivity contribution in [2.75, 3.05) is 13.7 Å². The molecule has 3 nitrogen and oxygen atoms in total. The first kappa shape index (κ1) is 22.9. The van der Waals surface area contributed by atoms with Crippen molar-refractivity contribution in [3.8, 4) is 16.9 Å². The van der Waals surface area contributed by atoms with E-state index in [4.69, 9.17) is 14.2 Å². The zero-order chi connectivity index (χ0) is 23.7. The quantitative estimate of drug-likeness (QED) is 0.347. The number of ether oxygens (including phenoxy) is 3. The molecule has 1 aliphatic heterocycles. The second-order valence-electron chi connectivity index (χ2n) is 9.02. The highest BCUT2D eigenvalue weighted by molar-refractivity contribution is 5.65. The van der Waals surface area contributed by atoms with Gasteiger partial charge in [-0.3, -0.25) is 0 Å². The molecule has 2 fully saturated rings. The minimum atomic E-state index is -0.885. The van der Waals surface area contributed by atoms with E-state index in [9.17, 15) is 13.2 Å². The Labute approximate surface area is 197 Å². The van der Waals surface area contributed by atoms with Gasteiger partial charge in [-0.05, 0) is 66.5 Å². The third-order valence-electron chi connectivity index (χ3n) is 6.88. The molecule has 0 bridgehead atoms. The summed E-state index contributed by atoms with van der Waals surface area (Å²) in [5, 5.41) is 0. The van der Waals surface area contributed by atoms with Crippen LogP contribution >= 0.6 is 0 Å². The fraction of sp³-hybridized carbons (Fsp3) is 0.357. The van der Waals surface area contributed by atoms with Gasteiger partial charge in [0.1, 0.15) is 17.7 Å². The zero-order valence-electron chi connectivity index (χ0n) is 19.0. The number of epoxide rings is 1. The molecule has 0 radical (unpaired) electrons. The van der Waals surface area contributed by atoms with Crippen LogP contribution in [-0.4, -0.2) is 19.8 Å². The van der Waals surface area contributed by atoms with Gasteiger partial charge in [-0.25, -0.2) is 13.2 Å². The molecule has 1 atom stereocenters. The van der Waals surface area contributed by atoms with Crippen LogP contribution in [-0.2, 0) is 16.1 Å². The van der Waals surface area contributed by atoms with Crippen molar-refractivity contribution in [3.05, 3.63) is 88.7 Å². The van der Waals surface area contributed by atoms with Crippen LogP contribution in [0.15, 0.2) is 54.6 Å². The molecule has 0 aromatic heterocycles. The third kappa shape index (κ3) is 4.84. The number of hydrogen-bond donors (Lipinski definition) is 0. The summed E-state index contributed by atoms with van der Waals surface area (Å²) in [6, 6.07) is 15.4. The average molecular weight is 469 g/mol. The van der Waals surface area contributed by atoms with Crippen LogP contribution in [0.4, 0.5) is 13.2 Å². The molecule has 2 aliphatic rings. The second kappa shape index (κ2) is 9.80. The maximum Gasteiger partial charge on any atom is 0.167 e. The van der Waals surface area contributed by atoms with Crippen LogP contribution in [0.25, 0.3) is 11.1 Å². The largest absolute Gasteiger partial charge is 0.497 e. The van der Waals surface area contributed by atoms with Crippen molar-refractivity contribution in [1.29, 1.82) is 0 Å². The van der Waals surface area contributed by atoms with E-state index >= 15 is 0 Å². The molecule has 1 saturated heterocycles. The van der Waals surface area contributed by atoms with Crippen molar-refractivity contribution in [2.45, 2.75) is 50.4 Å². The highest BCUT2D eigenvalue weighted by Gasteiger charge is 2.28. The van der Waals surface area contributed by atoms with Crippen LogP contribution in [0.3, 0.4) is 0 Å². The molecular formula is C28H27F3O3. The van der Waals surface area contributed by atoms with Crippen molar-refractivity contribution in [2.24, 2.45) is 0 Å². The normalized spacial score (nSPS) is 21.9. The van der Waals surface area contributed by atoms with Crippen LogP contribution in [0.1, 0.15) is 54.4 Å². The Morgan fingerprint density at radius 2 is 1.62 bits per heavy atom. The lowest BCUT2D eigenvalue weighted by molar-refractivity contribution is 0.0117. The Balaban J connectivity index is 1.18. The van der Waals surface area contributed by atoms with E-state index in [1.165, 1.54) is 0 Å². The summed E-state index contributed by atoms with van der Waals surface area (Å²) < 4.78 is 60.3. The first-order valence-electron chi connectivity index (χ1n) is 11.7.